The molecule has 5 heteroatoms. The van der Waals surface area contributed by atoms with Crippen LogP contribution in [0.1, 0.15) is 24.8 Å². The van der Waals surface area contributed by atoms with Crippen LogP contribution in [0, 0.1) is 5.92 Å². The van der Waals surface area contributed by atoms with Crippen LogP contribution < -0.4 is 10.6 Å². The van der Waals surface area contributed by atoms with Gasteiger partial charge in [0.25, 0.3) is 0 Å². The Morgan fingerprint density at radius 3 is 2.90 bits per heavy atom. The number of aliphatic carboxylic acids is 1. The molecule has 1 heterocycles. The van der Waals surface area contributed by atoms with Gasteiger partial charge in [-0.15, -0.1) is 0 Å². The minimum absolute atomic E-state index is 0.0348. The van der Waals surface area contributed by atoms with Gasteiger partial charge in [0.1, 0.15) is 6.04 Å². The first kappa shape index (κ1) is 12.7. The van der Waals surface area contributed by atoms with Gasteiger partial charge >= 0.3 is 5.97 Å². The molecule has 1 amide bonds. The molecule has 0 saturated carbocycles. The number of hydrogen-bond donors (Lipinski definition) is 3. The molecule has 0 bridgehead atoms. The second kappa shape index (κ2) is 4.67. The van der Waals surface area contributed by atoms with E-state index in [1.165, 1.54) is 6.92 Å². The van der Waals surface area contributed by atoms with Crippen LogP contribution in [0.25, 0.3) is 0 Å². The fourth-order valence-corrected chi connectivity index (χ4v) is 3.12. The lowest BCUT2D eigenvalue weighted by molar-refractivity contribution is -0.139. The first-order chi connectivity index (χ1) is 9.56. The van der Waals surface area contributed by atoms with Gasteiger partial charge < -0.3 is 15.7 Å². The predicted octanol–water partition coefficient (Wildman–Crippen LogP) is 2.18. The first-order valence-corrected chi connectivity index (χ1v) is 6.64. The average Bonchev–Trinajstić information content (AvgIpc) is 2.86. The number of allylic oxidation sites excluding steroid dienone is 2. The van der Waals surface area contributed by atoms with Crippen LogP contribution in [0.5, 0.6) is 0 Å². The van der Waals surface area contributed by atoms with Gasteiger partial charge in [0.05, 0.1) is 0 Å². The fourth-order valence-electron chi connectivity index (χ4n) is 3.12. The van der Waals surface area contributed by atoms with Gasteiger partial charge in [-0.25, -0.2) is 4.79 Å². The number of rotatable bonds is 2. The van der Waals surface area contributed by atoms with Gasteiger partial charge in [-0.05, 0) is 30.2 Å². The second-order valence-corrected chi connectivity index (χ2v) is 5.30. The van der Waals surface area contributed by atoms with Crippen LogP contribution in [-0.2, 0) is 9.59 Å². The highest BCUT2D eigenvalue weighted by atomic mass is 16.4. The van der Waals surface area contributed by atoms with Crippen molar-refractivity contribution in [2.45, 2.75) is 25.3 Å². The largest absolute Gasteiger partial charge is 0.480 e. The summed E-state index contributed by atoms with van der Waals surface area (Å²) in [6.45, 7) is 1.47. The van der Waals surface area contributed by atoms with Gasteiger partial charge in [0, 0.05) is 30.1 Å². The summed E-state index contributed by atoms with van der Waals surface area (Å²) in [5.41, 5.74) is 2.62. The highest BCUT2D eigenvalue weighted by Gasteiger charge is 2.40. The van der Waals surface area contributed by atoms with Crippen molar-refractivity contribution in [3.8, 4) is 0 Å². The van der Waals surface area contributed by atoms with Crippen LogP contribution in [0.15, 0.2) is 30.4 Å². The molecule has 3 unspecified atom stereocenters. The Morgan fingerprint density at radius 2 is 2.20 bits per heavy atom. The number of fused-ring (bicyclic) bond motifs is 3. The van der Waals surface area contributed by atoms with Crippen molar-refractivity contribution in [1.29, 1.82) is 0 Å². The number of benzene rings is 1. The lowest BCUT2D eigenvalue weighted by Gasteiger charge is -2.34. The van der Waals surface area contributed by atoms with Crippen LogP contribution in [0.3, 0.4) is 0 Å². The topological polar surface area (TPSA) is 78.4 Å². The molecule has 0 aromatic heterocycles. The molecule has 3 atom stereocenters. The van der Waals surface area contributed by atoms with Crippen LogP contribution in [-0.4, -0.2) is 23.0 Å². The maximum absolute atomic E-state index is 11.4. The number of nitrogens with one attached hydrogen (secondary N) is 2. The Balaban J connectivity index is 2.00. The van der Waals surface area contributed by atoms with Crippen molar-refractivity contribution >= 4 is 23.3 Å². The van der Waals surface area contributed by atoms with E-state index in [-0.39, 0.29) is 17.7 Å². The Morgan fingerprint density at radius 1 is 1.40 bits per heavy atom. The van der Waals surface area contributed by atoms with E-state index in [4.69, 9.17) is 0 Å². The molecule has 0 radical (unpaired) electrons. The van der Waals surface area contributed by atoms with Crippen LogP contribution >= 0.6 is 0 Å². The van der Waals surface area contributed by atoms with E-state index in [1.54, 1.807) is 6.07 Å². The van der Waals surface area contributed by atoms with E-state index >= 15 is 0 Å². The van der Waals surface area contributed by atoms with Gasteiger partial charge in [-0.2, -0.15) is 0 Å². The Hall–Kier alpha value is -2.30. The molecular weight excluding hydrogens is 256 g/mol. The van der Waals surface area contributed by atoms with E-state index < -0.39 is 12.0 Å². The van der Waals surface area contributed by atoms with Crippen LogP contribution in [0.2, 0.25) is 0 Å². The minimum Gasteiger partial charge on any atom is -0.480 e. The maximum Gasteiger partial charge on any atom is 0.326 e. The molecule has 2 aliphatic rings. The summed E-state index contributed by atoms with van der Waals surface area (Å²) in [6, 6.07) is 4.98. The monoisotopic (exact) mass is 272 g/mol. The van der Waals surface area contributed by atoms with Crippen molar-refractivity contribution in [3.63, 3.8) is 0 Å². The number of carboxylic acids is 1. The zero-order valence-electron chi connectivity index (χ0n) is 11.1. The summed E-state index contributed by atoms with van der Waals surface area (Å²) in [7, 11) is 0. The molecule has 1 aromatic carbocycles. The normalized spacial score (nSPS) is 26.4. The molecule has 1 aliphatic carbocycles. The summed E-state index contributed by atoms with van der Waals surface area (Å²) in [6.07, 6.45) is 4.86. The Labute approximate surface area is 116 Å². The van der Waals surface area contributed by atoms with Gasteiger partial charge in [0.15, 0.2) is 0 Å². The van der Waals surface area contributed by atoms with Gasteiger partial charge in [-0.1, -0.05) is 12.2 Å². The zero-order chi connectivity index (χ0) is 14.3. The quantitative estimate of drug-likeness (QED) is 0.721. The lowest BCUT2D eigenvalue weighted by atomic mass is 9.79. The number of amides is 1. The third-order valence-corrected chi connectivity index (χ3v) is 3.95. The zero-order valence-corrected chi connectivity index (χ0v) is 11.1. The molecule has 0 spiro atoms. The van der Waals surface area contributed by atoms with E-state index in [9.17, 15) is 14.7 Å². The summed E-state index contributed by atoms with van der Waals surface area (Å²) in [5.74, 6) is -0.801. The smallest absolute Gasteiger partial charge is 0.326 e. The van der Waals surface area contributed by atoms with Crippen molar-refractivity contribution in [1.82, 2.24) is 0 Å². The molecule has 0 saturated heterocycles. The first-order valence-electron chi connectivity index (χ1n) is 6.64. The second-order valence-electron chi connectivity index (χ2n) is 5.30. The van der Waals surface area contributed by atoms with E-state index in [1.807, 2.05) is 18.2 Å². The number of anilines is 2. The number of carbonyl (C=O) groups is 2. The van der Waals surface area contributed by atoms with Crippen molar-refractivity contribution in [2.75, 3.05) is 10.6 Å². The van der Waals surface area contributed by atoms with Gasteiger partial charge in [-0.3, -0.25) is 4.79 Å². The lowest BCUT2D eigenvalue weighted by Crippen LogP contribution is -2.41. The Bertz CT molecular complexity index is 609. The van der Waals surface area contributed by atoms with E-state index in [0.717, 1.165) is 23.4 Å². The van der Waals surface area contributed by atoms with E-state index in [2.05, 4.69) is 16.7 Å². The summed E-state index contributed by atoms with van der Waals surface area (Å²) >= 11 is 0. The van der Waals surface area contributed by atoms with Crippen molar-refractivity contribution in [2.24, 2.45) is 5.92 Å². The average molecular weight is 272 g/mol. The highest BCUT2D eigenvalue weighted by Crippen LogP contribution is 2.45. The van der Waals surface area contributed by atoms with Crippen molar-refractivity contribution in [3.05, 3.63) is 35.9 Å². The summed E-state index contributed by atoms with van der Waals surface area (Å²) in [5, 5.41) is 15.2. The number of carboxylic acid groups (broad SMARTS) is 1. The molecule has 1 aromatic rings. The molecule has 104 valence electrons. The maximum atomic E-state index is 11.4. The molecule has 20 heavy (non-hydrogen) atoms. The van der Waals surface area contributed by atoms with E-state index in [0.29, 0.717) is 0 Å². The number of hydrogen-bond acceptors (Lipinski definition) is 3. The van der Waals surface area contributed by atoms with Crippen LogP contribution in [0.4, 0.5) is 11.4 Å². The third kappa shape index (κ3) is 2.05. The minimum atomic E-state index is -0.819. The molecule has 5 nitrogen and oxygen atoms in total. The summed E-state index contributed by atoms with van der Waals surface area (Å²) in [4.78, 5) is 22.5. The molecule has 3 N–H and O–H groups in total. The molecule has 0 fully saturated rings. The Kier molecular flexibility index (Phi) is 2.97. The highest BCUT2D eigenvalue weighted by molar-refractivity contribution is 5.89. The third-order valence-electron chi connectivity index (χ3n) is 3.95. The van der Waals surface area contributed by atoms with Crippen molar-refractivity contribution < 1.29 is 14.7 Å². The molecule has 1 aliphatic heterocycles. The molecule has 3 rings (SSSR count). The standard InChI is InChI=1S/C15H16N2O3/c1-8(18)16-9-5-6-13-12(7-9)10-3-2-4-11(10)14(17-13)15(19)20/h2-3,5-7,10-11,14,17H,4H2,1H3,(H,16,18)(H,19,20). The molecular formula is C15H16N2O3. The van der Waals surface area contributed by atoms with Gasteiger partial charge in [0.2, 0.25) is 5.91 Å². The SMILES string of the molecule is CC(=O)Nc1ccc2c(c1)C1C=CCC1C(C(=O)O)N2. The summed E-state index contributed by atoms with van der Waals surface area (Å²) < 4.78 is 0. The number of carbonyl (C=O) groups excluding carboxylic acids is 1. The fraction of sp³-hybridized carbons (Fsp3) is 0.333. The predicted molar refractivity (Wildman–Crippen MR) is 75.8 cm³/mol.